The minimum absolute atomic E-state index is 0.551. The van der Waals surface area contributed by atoms with E-state index < -0.39 is 0 Å². The van der Waals surface area contributed by atoms with Crippen LogP contribution in [0.3, 0.4) is 0 Å². The molecule has 0 bridgehead atoms. The number of benzene rings is 2. The molecule has 0 saturated carbocycles. The summed E-state index contributed by atoms with van der Waals surface area (Å²) in [5.74, 6) is 0.551. The Hall–Kier alpha value is -3.08. The van der Waals surface area contributed by atoms with Crippen LogP contribution in [0.25, 0.3) is 22.4 Å². The van der Waals surface area contributed by atoms with Gasteiger partial charge in [-0.2, -0.15) is 4.73 Å². The molecule has 2 heterocycles. The third kappa shape index (κ3) is 2.13. The summed E-state index contributed by atoms with van der Waals surface area (Å²) >= 11 is 0. The predicted molar refractivity (Wildman–Crippen MR) is 83.7 cm³/mol. The Morgan fingerprint density at radius 1 is 1.05 bits per heavy atom. The van der Waals surface area contributed by atoms with E-state index in [1.165, 1.54) is 0 Å². The Morgan fingerprint density at radius 2 is 1.91 bits per heavy atom. The number of rotatable bonds is 3. The second-order valence-electron chi connectivity index (χ2n) is 5.17. The zero-order valence-electron chi connectivity index (χ0n) is 11.8. The Morgan fingerprint density at radius 3 is 2.68 bits per heavy atom. The first-order chi connectivity index (χ1) is 10.8. The fourth-order valence-corrected chi connectivity index (χ4v) is 2.57. The molecule has 4 rings (SSSR count). The van der Waals surface area contributed by atoms with E-state index in [9.17, 15) is 5.21 Å². The van der Waals surface area contributed by atoms with Gasteiger partial charge >= 0.3 is 0 Å². The maximum absolute atomic E-state index is 10.4. The quantitative estimate of drug-likeness (QED) is 0.590. The molecule has 0 saturated heterocycles. The van der Waals surface area contributed by atoms with Gasteiger partial charge in [-0.15, -0.1) is 0 Å². The van der Waals surface area contributed by atoms with Gasteiger partial charge < -0.3 is 9.77 Å². The smallest absolute Gasteiger partial charge is 0.176 e. The van der Waals surface area contributed by atoms with Gasteiger partial charge in [0.2, 0.25) is 0 Å². The highest BCUT2D eigenvalue weighted by molar-refractivity contribution is 5.80. The van der Waals surface area contributed by atoms with E-state index in [1.807, 2.05) is 59.3 Å². The average molecular weight is 290 g/mol. The van der Waals surface area contributed by atoms with Crippen LogP contribution in [0.15, 0.2) is 67.3 Å². The fourth-order valence-electron chi connectivity index (χ4n) is 2.57. The molecule has 0 spiro atoms. The van der Waals surface area contributed by atoms with Crippen LogP contribution in [0.1, 0.15) is 5.56 Å². The summed E-state index contributed by atoms with van der Waals surface area (Å²) in [5, 5.41) is 10.4. The van der Waals surface area contributed by atoms with Gasteiger partial charge in [-0.05, 0) is 17.7 Å². The Bertz CT molecular complexity index is 911. The van der Waals surface area contributed by atoms with E-state index >= 15 is 0 Å². The van der Waals surface area contributed by atoms with Crippen LogP contribution in [-0.4, -0.2) is 24.5 Å². The molecular formula is C17H14N4O. The SMILES string of the molecule is On1c(-c2ccccc2)nc2ccc(Cn3ccnc3)cc21. The van der Waals surface area contributed by atoms with Crippen molar-refractivity contribution in [2.45, 2.75) is 6.54 Å². The third-order valence-corrected chi connectivity index (χ3v) is 3.65. The van der Waals surface area contributed by atoms with Gasteiger partial charge in [0.05, 0.1) is 11.8 Å². The highest BCUT2D eigenvalue weighted by Gasteiger charge is 2.12. The molecule has 2 aromatic heterocycles. The van der Waals surface area contributed by atoms with E-state index in [4.69, 9.17) is 0 Å². The van der Waals surface area contributed by atoms with E-state index in [0.29, 0.717) is 17.9 Å². The lowest BCUT2D eigenvalue weighted by atomic mass is 10.2. The maximum atomic E-state index is 10.4. The molecular weight excluding hydrogens is 276 g/mol. The number of hydrogen-bond acceptors (Lipinski definition) is 3. The van der Waals surface area contributed by atoms with Gasteiger partial charge in [0.15, 0.2) is 5.82 Å². The summed E-state index contributed by atoms with van der Waals surface area (Å²) in [6.45, 7) is 0.710. The minimum atomic E-state index is 0.551. The van der Waals surface area contributed by atoms with Crippen molar-refractivity contribution in [1.82, 2.24) is 19.3 Å². The van der Waals surface area contributed by atoms with Crippen molar-refractivity contribution in [1.29, 1.82) is 0 Å². The van der Waals surface area contributed by atoms with Crippen LogP contribution in [-0.2, 0) is 6.54 Å². The standard InChI is InChI=1S/C17H14N4O/c22-21-16-10-13(11-20-9-8-18-12-20)6-7-15(16)19-17(21)14-4-2-1-3-5-14/h1-10,12,22H,11H2. The molecule has 0 aliphatic rings. The van der Waals surface area contributed by atoms with Crippen molar-refractivity contribution in [3.63, 3.8) is 0 Å². The van der Waals surface area contributed by atoms with Crippen molar-refractivity contribution >= 4 is 11.0 Å². The summed E-state index contributed by atoms with van der Waals surface area (Å²) < 4.78 is 3.14. The molecule has 4 aromatic rings. The van der Waals surface area contributed by atoms with Crippen LogP contribution < -0.4 is 0 Å². The van der Waals surface area contributed by atoms with Crippen molar-refractivity contribution < 1.29 is 5.21 Å². The molecule has 0 unspecified atom stereocenters. The first-order valence-corrected chi connectivity index (χ1v) is 7.03. The lowest BCUT2D eigenvalue weighted by Gasteiger charge is -2.03. The van der Waals surface area contributed by atoms with E-state index in [1.54, 1.807) is 12.5 Å². The number of fused-ring (bicyclic) bond motifs is 1. The van der Waals surface area contributed by atoms with E-state index in [-0.39, 0.29) is 0 Å². The normalized spacial score (nSPS) is 11.1. The molecule has 1 N–H and O–H groups in total. The van der Waals surface area contributed by atoms with Crippen LogP contribution >= 0.6 is 0 Å². The maximum Gasteiger partial charge on any atom is 0.176 e. The molecule has 0 fully saturated rings. The average Bonchev–Trinajstić information content (AvgIpc) is 3.17. The summed E-state index contributed by atoms with van der Waals surface area (Å²) in [6.07, 6.45) is 5.44. The second-order valence-corrected chi connectivity index (χ2v) is 5.17. The molecule has 5 heteroatoms. The first-order valence-electron chi connectivity index (χ1n) is 7.03. The lowest BCUT2D eigenvalue weighted by molar-refractivity contribution is 0.203. The molecule has 0 radical (unpaired) electrons. The lowest BCUT2D eigenvalue weighted by Crippen LogP contribution is -1.97. The van der Waals surface area contributed by atoms with Crippen molar-refractivity contribution in [2.75, 3.05) is 0 Å². The van der Waals surface area contributed by atoms with Gasteiger partial charge in [0.1, 0.15) is 5.52 Å². The fraction of sp³-hybridized carbons (Fsp3) is 0.0588. The monoisotopic (exact) mass is 290 g/mol. The predicted octanol–water partition coefficient (Wildman–Crippen LogP) is 3.19. The molecule has 2 aromatic carbocycles. The Balaban J connectivity index is 1.78. The second kappa shape index (κ2) is 5.04. The highest BCUT2D eigenvalue weighted by Crippen LogP contribution is 2.24. The molecule has 0 atom stereocenters. The molecule has 0 aliphatic heterocycles. The number of aromatic nitrogens is 4. The van der Waals surface area contributed by atoms with E-state index in [2.05, 4.69) is 9.97 Å². The van der Waals surface area contributed by atoms with Crippen molar-refractivity contribution in [2.24, 2.45) is 0 Å². The van der Waals surface area contributed by atoms with Gasteiger partial charge in [-0.3, -0.25) is 0 Å². The summed E-state index contributed by atoms with van der Waals surface area (Å²) in [7, 11) is 0. The van der Waals surface area contributed by atoms with Gasteiger partial charge in [-0.1, -0.05) is 36.4 Å². The molecule has 0 amide bonds. The molecule has 5 nitrogen and oxygen atoms in total. The summed E-state index contributed by atoms with van der Waals surface area (Å²) in [6, 6.07) is 15.6. The number of nitrogens with zero attached hydrogens (tertiary/aromatic N) is 4. The van der Waals surface area contributed by atoms with Gasteiger partial charge in [-0.25, -0.2) is 9.97 Å². The topological polar surface area (TPSA) is 55.9 Å². The summed E-state index contributed by atoms with van der Waals surface area (Å²) in [5.41, 5.74) is 3.45. The minimum Gasteiger partial charge on any atom is -0.426 e. The van der Waals surface area contributed by atoms with Gasteiger partial charge in [0.25, 0.3) is 0 Å². The first kappa shape index (κ1) is 12.6. The highest BCUT2D eigenvalue weighted by atomic mass is 16.5. The largest absolute Gasteiger partial charge is 0.426 e. The van der Waals surface area contributed by atoms with Crippen LogP contribution in [0, 0.1) is 0 Å². The Kier molecular flexibility index (Phi) is 2.89. The van der Waals surface area contributed by atoms with Crippen LogP contribution in [0.4, 0.5) is 0 Å². The third-order valence-electron chi connectivity index (χ3n) is 3.65. The summed E-state index contributed by atoms with van der Waals surface area (Å²) in [4.78, 5) is 8.55. The number of hydrogen-bond donors (Lipinski definition) is 1. The van der Waals surface area contributed by atoms with Gasteiger partial charge in [0, 0.05) is 24.5 Å². The Labute approximate surface area is 127 Å². The van der Waals surface area contributed by atoms with Crippen molar-refractivity contribution in [3.05, 3.63) is 72.8 Å². The molecule has 0 aliphatic carbocycles. The molecule has 108 valence electrons. The van der Waals surface area contributed by atoms with E-state index in [0.717, 1.165) is 21.4 Å². The van der Waals surface area contributed by atoms with Crippen molar-refractivity contribution in [3.8, 4) is 11.4 Å². The molecule has 22 heavy (non-hydrogen) atoms. The number of imidazole rings is 2. The zero-order valence-corrected chi connectivity index (χ0v) is 11.8. The van der Waals surface area contributed by atoms with Crippen LogP contribution in [0.2, 0.25) is 0 Å². The van der Waals surface area contributed by atoms with Crippen LogP contribution in [0.5, 0.6) is 0 Å². The zero-order chi connectivity index (χ0) is 14.9.